The highest BCUT2D eigenvalue weighted by atomic mass is 32.1. The summed E-state index contributed by atoms with van der Waals surface area (Å²) in [4.78, 5) is 12.4. The van der Waals surface area contributed by atoms with Crippen LogP contribution >= 0.6 is 12.2 Å². The Labute approximate surface area is 110 Å². The van der Waals surface area contributed by atoms with Gasteiger partial charge in [-0.15, -0.1) is 0 Å². The third-order valence-electron chi connectivity index (χ3n) is 3.40. The fraction of sp³-hybridized carbons (Fsp3) is 0.385. The third-order valence-corrected chi connectivity index (χ3v) is 3.79. The van der Waals surface area contributed by atoms with Crippen molar-refractivity contribution in [3.8, 4) is 5.69 Å². The first kappa shape index (κ1) is 11.5. The molecule has 0 saturated heterocycles. The molecule has 1 aromatic carbocycles. The minimum atomic E-state index is -0.0245. The molecule has 2 heterocycles. The van der Waals surface area contributed by atoms with E-state index in [2.05, 4.69) is 0 Å². The first-order valence-corrected chi connectivity index (χ1v) is 6.59. The molecule has 4 nitrogen and oxygen atoms in total. The van der Waals surface area contributed by atoms with E-state index in [0.29, 0.717) is 4.77 Å². The molecule has 0 aliphatic carbocycles. The van der Waals surface area contributed by atoms with Crippen LogP contribution in [0.15, 0.2) is 29.1 Å². The molecule has 1 aromatic heterocycles. The van der Waals surface area contributed by atoms with Gasteiger partial charge in [0.25, 0.3) is 0 Å². The predicted molar refractivity (Wildman–Crippen MR) is 72.8 cm³/mol. The van der Waals surface area contributed by atoms with E-state index in [1.165, 1.54) is 5.56 Å². The molecular weight excluding hydrogens is 246 g/mol. The quantitative estimate of drug-likeness (QED) is 0.738. The van der Waals surface area contributed by atoms with Crippen molar-refractivity contribution >= 4 is 12.2 Å². The van der Waals surface area contributed by atoms with Crippen molar-refractivity contribution in [2.45, 2.75) is 32.9 Å². The van der Waals surface area contributed by atoms with Crippen LogP contribution < -0.4 is 5.69 Å². The number of rotatable bonds is 1. The van der Waals surface area contributed by atoms with Crippen LogP contribution in [0.25, 0.3) is 5.69 Å². The van der Waals surface area contributed by atoms with Gasteiger partial charge in [-0.2, -0.15) is 0 Å². The van der Waals surface area contributed by atoms with Crippen molar-refractivity contribution in [3.63, 3.8) is 0 Å². The number of hydrogen-bond donors (Lipinski definition) is 0. The van der Waals surface area contributed by atoms with E-state index in [4.69, 9.17) is 12.2 Å². The third kappa shape index (κ3) is 1.66. The second-order valence-electron chi connectivity index (χ2n) is 4.69. The Kier molecular flexibility index (Phi) is 2.70. The van der Waals surface area contributed by atoms with Gasteiger partial charge >= 0.3 is 5.69 Å². The maximum Gasteiger partial charge on any atom is 0.349 e. The van der Waals surface area contributed by atoms with Gasteiger partial charge in [0.05, 0.1) is 5.69 Å². The van der Waals surface area contributed by atoms with E-state index >= 15 is 0 Å². The highest BCUT2D eigenvalue weighted by Crippen LogP contribution is 2.12. The molecule has 0 bridgehead atoms. The first-order chi connectivity index (χ1) is 8.68. The van der Waals surface area contributed by atoms with E-state index in [-0.39, 0.29) is 5.69 Å². The molecule has 3 rings (SSSR count). The van der Waals surface area contributed by atoms with E-state index in [1.807, 2.05) is 35.9 Å². The van der Waals surface area contributed by atoms with Crippen molar-refractivity contribution < 1.29 is 0 Å². The van der Waals surface area contributed by atoms with Crippen LogP contribution in [0.4, 0.5) is 0 Å². The molecular formula is C13H15N3OS. The van der Waals surface area contributed by atoms with Gasteiger partial charge in [-0.25, -0.2) is 14.0 Å². The van der Waals surface area contributed by atoms with E-state index in [0.717, 1.165) is 31.6 Å². The van der Waals surface area contributed by atoms with Crippen LogP contribution in [-0.2, 0) is 13.1 Å². The lowest BCUT2D eigenvalue weighted by Crippen LogP contribution is -2.29. The largest absolute Gasteiger partial charge is 0.349 e. The van der Waals surface area contributed by atoms with Crippen LogP contribution in [0.2, 0.25) is 0 Å². The molecule has 0 fully saturated rings. The minimum absolute atomic E-state index is 0.0245. The zero-order chi connectivity index (χ0) is 12.7. The van der Waals surface area contributed by atoms with Crippen molar-refractivity contribution in [3.05, 3.63) is 45.1 Å². The molecule has 18 heavy (non-hydrogen) atoms. The maximum atomic E-state index is 12.4. The molecule has 0 radical (unpaired) electrons. The lowest BCUT2D eigenvalue weighted by molar-refractivity contribution is 0.352. The summed E-state index contributed by atoms with van der Waals surface area (Å²) in [7, 11) is 0. The van der Waals surface area contributed by atoms with Gasteiger partial charge in [0, 0.05) is 13.1 Å². The molecule has 0 amide bonds. The number of fused-ring (bicyclic) bond motifs is 1. The SMILES string of the molecule is Cc1ccc(-n2c(=O)n3n(c2=S)CCCC3)cc1. The molecule has 0 spiro atoms. The highest BCUT2D eigenvalue weighted by molar-refractivity contribution is 7.71. The average Bonchev–Trinajstić information content (AvgIpc) is 2.64. The van der Waals surface area contributed by atoms with Crippen LogP contribution in [0.3, 0.4) is 0 Å². The fourth-order valence-electron chi connectivity index (χ4n) is 2.39. The van der Waals surface area contributed by atoms with Crippen LogP contribution in [0, 0.1) is 11.7 Å². The lowest BCUT2D eigenvalue weighted by atomic mass is 10.2. The summed E-state index contributed by atoms with van der Waals surface area (Å²) in [5.41, 5.74) is 2.00. The number of hydrogen-bond acceptors (Lipinski definition) is 2. The lowest BCUT2D eigenvalue weighted by Gasteiger charge is -2.14. The second kappa shape index (κ2) is 4.24. The maximum absolute atomic E-state index is 12.4. The van der Waals surface area contributed by atoms with Gasteiger partial charge in [0.2, 0.25) is 4.77 Å². The molecule has 94 valence electrons. The molecule has 5 heteroatoms. The van der Waals surface area contributed by atoms with Gasteiger partial charge < -0.3 is 0 Å². The molecule has 0 N–H and O–H groups in total. The van der Waals surface area contributed by atoms with Crippen molar-refractivity contribution in [2.24, 2.45) is 0 Å². The molecule has 1 aliphatic rings. The van der Waals surface area contributed by atoms with Crippen LogP contribution in [0.1, 0.15) is 18.4 Å². The van der Waals surface area contributed by atoms with Gasteiger partial charge in [-0.3, -0.25) is 4.68 Å². The smallest absolute Gasteiger partial charge is 0.256 e. The molecule has 0 unspecified atom stereocenters. The van der Waals surface area contributed by atoms with Crippen LogP contribution in [-0.4, -0.2) is 13.9 Å². The number of aryl methyl sites for hydroxylation is 1. The molecule has 1 aliphatic heterocycles. The first-order valence-electron chi connectivity index (χ1n) is 6.18. The summed E-state index contributed by atoms with van der Waals surface area (Å²) >= 11 is 5.42. The van der Waals surface area contributed by atoms with Gasteiger partial charge in [-0.1, -0.05) is 17.7 Å². The second-order valence-corrected chi connectivity index (χ2v) is 5.05. The normalized spacial score (nSPS) is 14.5. The monoisotopic (exact) mass is 261 g/mol. The Morgan fingerprint density at radius 3 is 2.28 bits per heavy atom. The molecule has 2 aromatic rings. The zero-order valence-corrected chi connectivity index (χ0v) is 11.1. The standard InChI is InChI=1S/C13H15N3OS/c1-10-4-6-11(7-5-10)16-12(17)14-8-2-3-9-15(14)13(16)18/h4-7H,2-3,8-9H2,1H3. The summed E-state index contributed by atoms with van der Waals surface area (Å²) in [5, 5.41) is 0. The number of nitrogens with zero attached hydrogens (tertiary/aromatic N) is 3. The number of aromatic nitrogens is 3. The van der Waals surface area contributed by atoms with Crippen molar-refractivity contribution in [1.82, 2.24) is 13.9 Å². The summed E-state index contributed by atoms with van der Waals surface area (Å²) in [6, 6.07) is 7.88. The number of benzene rings is 1. The van der Waals surface area contributed by atoms with E-state index in [9.17, 15) is 4.79 Å². The fourth-order valence-corrected chi connectivity index (χ4v) is 2.76. The predicted octanol–water partition coefficient (Wildman–Crippen LogP) is 2.27. The van der Waals surface area contributed by atoms with Gasteiger partial charge in [0.15, 0.2) is 0 Å². The summed E-state index contributed by atoms with van der Waals surface area (Å²) < 4.78 is 5.90. The Balaban J connectivity index is 2.24. The summed E-state index contributed by atoms with van der Waals surface area (Å²) in [6.07, 6.45) is 2.14. The topological polar surface area (TPSA) is 31.9 Å². The van der Waals surface area contributed by atoms with Crippen LogP contribution in [0.5, 0.6) is 0 Å². The summed E-state index contributed by atoms with van der Waals surface area (Å²) in [5.74, 6) is 0. The Bertz CT molecular complexity index is 653. The van der Waals surface area contributed by atoms with Gasteiger partial charge in [-0.05, 0) is 44.1 Å². The van der Waals surface area contributed by atoms with Gasteiger partial charge in [0.1, 0.15) is 0 Å². The Morgan fingerprint density at radius 2 is 1.67 bits per heavy atom. The zero-order valence-electron chi connectivity index (χ0n) is 10.3. The Hall–Kier alpha value is -1.62. The van der Waals surface area contributed by atoms with E-state index in [1.54, 1.807) is 9.25 Å². The van der Waals surface area contributed by atoms with E-state index < -0.39 is 0 Å². The van der Waals surface area contributed by atoms with Crippen molar-refractivity contribution in [2.75, 3.05) is 0 Å². The average molecular weight is 261 g/mol. The van der Waals surface area contributed by atoms with Crippen molar-refractivity contribution in [1.29, 1.82) is 0 Å². The highest BCUT2D eigenvalue weighted by Gasteiger charge is 2.16. The summed E-state index contributed by atoms with van der Waals surface area (Å²) in [6.45, 7) is 3.63. The Morgan fingerprint density at radius 1 is 1.06 bits per heavy atom. The molecule has 0 atom stereocenters. The minimum Gasteiger partial charge on any atom is -0.256 e. The molecule has 0 saturated carbocycles.